The van der Waals surface area contributed by atoms with Crippen LogP contribution >= 0.6 is 11.6 Å². The van der Waals surface area contributed by atoms with Gasteiger partial charge >= 0.3 is 0 Å². The Hall–Kier alpha value is -0.630. The van der Waals surface area contributed by atoms with Crippen molar-refractivity contribution in [2.24, 2.45) is 0 Å². The first-order valence-electron chi connectivity index (χ1n) is 5.28. The van der Waals surface area contributed by atoms with Gasteiger partial charge in [-0.3, -0.25) is 0 Å². The summed E-state index contributed by atoms with van der Waals surface area (Å²) >= 11 is 5.67. The average Bonchev–Trinajstić information content (AvgIpc) is 2.71. The Morgan fingerprint density at radius 1 is 1.36 bits per heavy atom. The fourth-order valence-corrected chi connectivity index (χ4v) is 2.24. The molecule has 0 saturated heterocycles. The van der Waals surface area contributed by atoms with Gasteiger partial charge in [0.15, 0.2) is 0 Å². The number of rotatable bonds is 3. The lowest BCUT2D eigenvalue weighted by atomic mass is 10.0. The minimum atomic E-state index is 0.605. The second-order valence-electron chi connectivity index (χ2n) is 3.82. The summed E-state index contributed by atoms with van der Waals surface area (Å²) < 4.78 is 0. The molecule has 0 N–H and O–H groups in total. The first kappa shape index (κ1) is 9.91. The average molecular weight is 211 g/mol. The molecule has 1 saturated carbocycles. The van der Waals surface area contributed by atoms with Crippen LogP contribution in [0.4, 0.5) is 0 Å². The fraction of sp³-hybridized carbons (Fsp3) is 0.636. The molecular weight excluding hydrogens is 196 g/mol. The van der Waals surface area contributed by atoms with Crippen molar-refractivity contribution in [3.63, 3.8) is 0 Å². The fourth-order valence-electron chi connectivity index (χ4n) is 2.07. The molecule has 76 valence electrons. The Morgan fingerprint density at radius 2 is 2.14 bits per heavy atom. The highest BCUT2D eigenvalue weighted by Crippen LogP contribution is 2.32. The zero-order valence-corrected chi connectivity index (χ0v) is 9.00. The van der Waals surface area contributed by atoms with Crippen LogP contribution in [0.25, 0.3) is 0 Å². The van der Waals surface area contributed by atoms with Crippen LogP contribution in [0.15, 0.2) is 12.3 Å². The summed E-state index contributed by atoms with van der Waals surface area (Å²) in [6, 6.07) is 2.05. The van der Waals surface area contributed by atoms with Gasteiger partial charge in [0, 0.05) is 30.1 Å². The van der Waals surface area contributed by atoms with E-state index in [1.807, 2.05) is 12.3 Å². The van der Waals surface area contributed by atoms with E-state index in [0.717, 1.165) is 12.2 Å². The van der Waals surface area contributed by atoms with Crippen molar-refractivity contribution in [2.75, 3.05) is 5.88 Å². The van der Waals surface area contributed by atoms with Crippen LogP contribution in [0.3, 0.4) is 0 Å². The normalized spacial score (nSPS) is 17.5. The molecule has 1 aliphatic carbocycles. The Morgan fingerprint density at radius 3 is 2.86 bits per heavy atom. The van der Waals surface area contributed by atoms with Crippen LogP contribution in [0.1, 0.15) is 43.1 Å². The van der Waals surface area contributed by atoms with E-state index in [1.54, 1.807) is 0 Å². The molecule has 1 heterocycles. The molecule has 0 aromatic carbocycles. The van der Waals surface area contributed by atoms with E-state index >= 15 is 0 Å². The van der Waals surface area contributed by atoms with E-state index in [1.165, 1.54) is 31.4 Å². The van der Waals surface area contributed by atoms with Crippen LogP contribution in [0.5, 0.6) is 0 Å². The Labute approximate surface area is 89.7 Å². The monoisotopic (exact) mass is 210 g/mol. The largest absolute Gasteiger partial charge is 0.241 e. The minimum Gasteiger partial charge on any atom is -0.241 e. The molecule has 1 aromatic heterocycles. The summed E-state index contributed by atoms with van der Waals surface area (Å²) in [5, 5.41) is 0. The summed E-state index contributed by atoms with van der Waals surface area (Å²) in [7, 11) is 0. The van der Waals surface area contributed by atoms with Crippen LogP contribution in [-0.4, -0.2) is 15.8 Å². The van der Waals surface area contributed by atoms with Gasteiger partial charge in [0.1, 0.15) is 5.82 Å². The van der Waals surface area contributed by atoms with Crippen LogP contribution in [-0.2, 0) is 6.42 Å². The Kier molecular flexibility index (Phi) is 3.35. The van der Waals surface area contributed by atoms with E-state index < -0.39 is 0 Å². The van der Waals surface area contributed by atoms with Crippen molar-refractivity contribution >= 4 is 11.6 Å². The third-order valence-electron chi connectivity index (χ3n) is 2.82. The summed E-state index contributed by atoms with van der Waals surface area (Å²) in [5.41, 5.74) is 1.22. The highest BCUT2D eigenvalue weighted by Gasteiger charge is 2.18. The lowest BCUT2D eigenvalue weighted by Crippen LogP contribution is -2.02. The molecule has 3 heteroatoms. The Balaban J connectivity index is 2.12. The zero-order chi connectivity index (χ0) is 9.80. The molecule has 0 radical (unpaired) electrons. The SMILES string of the molecule is ClCCc1nccc(C2CCCC2)n1. The van der Waals surface area contributed by atoms with Crippen molar-refractivity contribution in [1.82, 2.24) is 9.97 Å². The minimum absolute atomic E-state index is 0.605. The molecule has 1 fully saturated rings. The maximum absolute atomic E-state index is 5.67. The van der Waals surface area contributed by atoms with Gasteiger partial charge < -0.3 is 0 Å². The number of aryl methyl sites for hydroxylation is 1. The van der Waals surface area contributed by atoms with Crippen LogP contribution in [0, 0.1) is 0 Å². The van der Waals surface area contributed by atoms with Crippen LogP contribution in [0.2, 0.25) is 0 Å². The van der Waals surface area contributed by atoms with Gasteiger partial charge in [0.2, 0.25) is 0 Å². The van der Waals surface area contributed by atoms with E-state index in [0.29, 0.717) is 11.8 Å². The zero-order valence-electron chi connectivity index (χ0n) is 8.25. The molecule has 0 aliphatic heterocycles. The number of aromatic nitrogens is 2. The van der Waals surface area contributed by atoms with Crippen molar-refractivity contribution in [2.45, 2.75) is 38.0 Å². The summed E-state index contributed by atoms with van der Waals surface area (Å²) in [5.74, 6) is 2.17. The Bertz CT molecular complexity index is 295. The first-order chi connectivity index (χ1) is 6.90. The lowest BCUT2D eigenvalue weighted by molar-refractivity contribution is 0.684. The summed E-state index contributed by atoms with van der Waals surface area (Å²) in [6.07, 6.45) is 7.92. The van der Waals surface area contributed by atoms with Crippen molar-refractivity contribution in [1.29, 1.82) is 0 Å². The molecule has 1 aromatic rings. The molecule has 0 atom stereocenters. The van der Waals surface area contributed by atoms with Gasteiger partial charge in [-0.25, -0.2) is 9.97 Å². The standard InChI is InChI=1S/C11H15ClN2/c12-7-5-11-13-8-6-10(14-11)9-3-1-2-4-9/h6,8-9H,1-5,7H2. The van der Waals surface area contributed by atoms with Gasteiger partial charge in [0.05, 0.1) is 0 Å². The quantitative estimate of drug-likeness (QED) is 0.717. The number of hydrogen-bond donors (Lipinski definition) is 0. The number of hydrogen-bond acceptors (Lipinski definition) is 2. The van der Waals surface area contributed by atoms with E-state index in [2.05, 4.69) is 9.97 Å². The van der Waals surface area contributed by atoms with Crippen molar-refractivity contribution in [3.05, 3.63) is 23.8 Å². The highest BCUT2D eigenvalue weighted by molar-refractivity contribution is 6.17. The topological polar surface area (TPSA) is 25.8 Å². The molecule has 2 rings (SSSR count). The second-order valence-corrected chi connectivity index (χ2v) is 4.20. The van der Waals surface area contributed by atoms with E-state index in [9.17, 15) is 0 Å². The molecule has 0 unspecified atom stereocenters. The van der Waals surface area contributed by atoms with Gasteiger partial charge in [0.25, 0.3) is 0 Å². The highest BCUT2D eigenvalue weighted by atomic mass is 35.5. The van der Waals surface area contributed by atoms with Gasteiger partial charge in [-0.15, -0.1) is 11.6 Å². The second kappa shape index (κ2) is 4.74. The smallest absolute Gasteiger partial charge is 0.129 e. The first-order valence-corrected chi connectivity index (χ1v) is 5.81. The van der Waals surface area contributed by atoms with Crippen LogP contribution < -0.4 is 0 Å². The number of alkyl halides is 1. The third-order valence-corrected chi connectivity index (χ3v) is 3.01. The molecule has 0 spiro atoms. The predicted molar refractivity (Wildman–Crippen MR) is 57.7 cm³/mol. The van der Waals surface area contributed by atoms with Crippen molar-refractivity contribution in [3.8, 4) is 0 Å². The predicted octanol–water partition coefficient (Wildman–Crippen LogP) is 2.92. The maximum atomic E-state index is 5.67. The molecule has 0 bridgehead atoms. The van der Waals surface area contributed by atoms with E-state index in [4.69, 9.17) is 11.6 Å². The van der Waals surface area contributed by atoms with Gasteiger partial charge in [-0.2, -0.15) is 0 Å². The molecule has 14 heavy (non-hydrogen) atoms. The van der Waals surface area contributed by atoms with Gasteiger partial charge in [-0.05, 0) is 18.9 Å². The maximum Gasteiger partial charge on any atom is 0.129 e. The molecular formula is C11H15ClN2. The molecule has 1 aliphatic rings. The lowest BCUT2D eigenvalue weighted by Gasteiger charge is -2.08. The van der Waals surface area contributed by atoms with E-state index in [-0.39, 0.29) is 0 Å². The molecule has 0 amide bonds. The van der Waals surface area contributed by atoms with Gasteiger partial charge in [-0.1, -0.05) is 12.8 Å². The third kappa shape index (κ3) is 2.24. The molecule has 2 nitrogen and oxygen atoms in total. The summed E-state index contributed by atoms with van der Waals surface area (Å²) in [6.45, 7) is 0. The van der Waals surface area contributed by atoms with Crippen molar-refractivity contribution < 1.29 is 0 Å². The number of halogens is 1. The summed E-state index contributed by atoms with van der Waals surface area (Å²) in [4.78, 5) is 8.75. The number of nitrogens with zero attached hydrogens (tertiary/aromatic N) is 2.